The molecule has 0 bridgehead atoms. The monoisotopic (exact) mass is 492 g/mol. The lowest BCUT2D eigenvalue weighted by Crippen LogP contribution is -2.51. The summed E-state index contributed by atoms with van der Waals surface area (Å²) in [5, 5.41) is 0. The number of carbonyl (C=O) groups excluding carboxylic acids is 2. The van der Waals surface area contributed by atoms with Crippen LogP contribution in [-0.4, -0.2) is 53.6 Å². The number of hydrogen-bond acceptors (Lipinski definition) is 4. The van der Waals surface area contributed by atoms with Gasteiger partial charge in [0.2, 0.25) is 5.91 Å². The standard InChI is InChI=1S/C25H27F3N2O3S/c1-24(2,3)33-23(32)30-15-13-29(14-16-30)22(31)12-10-18-9-11-21(20(17-18)25(26,27)28)34-19-7-5-4-6-8-19/h4-12,17H,13-16H2,1-3H3/b12-10+. The summed E-state index contributed by atoms with van der Waals surface area (Å²) in [5.74, 6) is -0.319. The summed E-state index contributed by atoms with van der Waals surface area (Å²) in [7, 11) is 0. The van der Waals surface area contributed by atoms with E-state index in [1.165, 1.54) is 23.1 Å². The van der Waals surface area contributed by atoms with Crippen LogP contribution in [0.5, 0.6) is 0 Å². The van der Waals surface area contributed by atoms with E-state index < -0.39 is 23.4 Å². The van der Waals surface area contributed by atoms with Crippen LogP contribution in [-0.2, 0) is 15.7 Å². The van der Waals surface area contributed by atoms with Gasteiger partial charge in [0.05, 0.1) is 5.56 Å². The van der Waals surface area contributed by atoms with Gasteiger partial charge in [-0.15, -0.1) is 0 Å². The first kappa shape index (κ1) is 25.7. The fourth-order valence-electron chi connectivity index (χ4n) is 3.29. The summed E-state index contributed by atoms with van der Waals surface area (Å²) >= 11 is 1.04. The molecule has 0 atom stereocenters. The number of nitrogens with zero attached hydrogens (tertiary/aromatic N) is 2. The average Bonchev–Trinajstić information content (AvgIpc) is 2.77. The van der Waals surface area contributed by atoms with Gasteiger partial charge in [0.1, 0.15) is 5.60 Å². The summed E-state index contributed by atoms with van der Waals surface area (Å²) in [6.45, 7) is 6.66. The van der Waals surface area contributed by atoms with Crippen LogP contribution in [0.15, 0.2) is 64.4 Å². The molecule has 2 aromatic carbocycles. The molecule has 1 fully saturated rings. The maximum atomic E-state index is 13.7. The van der Waals surface area contributed by atoms with E-state index in [9.17, 15) is 22.8 Å². The molecule has 0 unspecified atom stereocenters. The number of benzene rings is 2. The molecule has 2 amide bonds. The van der Waals surface area contributed by atoms with Crippen LogP contribution >= 0.6 is 11.8 Å². The van der Waals surface area contributed by atoms with E-state index in [1.54, 1.807) is 62.1 Å². The molecule has 0 aromatic heterocycles. The lowest BCUT2D eigenvalue weighted by molar-refractivity contribution is -0.139. The molecule has 0 spiro atoms. The van der Waals surface area contributed by atoms with E-state index in [1.807, 2.05) is 0 Å². The second-order valence-corrected chi connectivity index (χ2v) is 9.91. The highest BCUT2D eigenvalue weighted by atomic mass is 32.2. The fraction of sp³-hybridized carbons (Fsp3) is 0.360. The molecule has 0 saturated carbocycles. The Hall–Kier alpha value is -2.94. The summed E-state index contributed by atoms with van der Waals surface area (Å²) in [4.78, 5) is 28.6. The summed E-state index contributed by atoms with van der Waals surface area (Å²) in [6.07, 6.45) is -2.30. The molecule has 0 radical (unpaired) electrons. The van der Waals surface area contributed by atoms with E-state index in [-0.39, 0.29) is 16.4 Å². The normalized spacial score (nSPS) is 15.0. The van der Waals surface area contributed by atoms with Crippen molar-refractivity contribution in [2.75, 3.05) is 26.2 Å². The molecule has 1 heterocycles. The van der Waals surface area contributed by atoms with Gasteiger partial charge in [-0.2, -0.15) is 13.2 Å². The number of piperazine rings is 1. The van der Waals surface area contributed by atoms with E-state index in [4.69, 9.17) is 4.74 Å². The Morgan fingerprint density at radius 3 is 2.15 bits per heavy atom. The zero-order valence-electron chi connectivity index (χ0n) is 19.3. The number of halogens is 3. The molecule has 34 heavy (non-hydrogen) atoms. The minimum Gasteiger partial charge on any atom is -0.444 e. The number of alkyl halides is 3. The smallest absolute Gasteiger partial charge is 0.417 e. The van der Waals surface area contributed by atoms with Crippen molar-refractivity contribution in [3.63, 3.8) is 0 Å². The molecule has 182 valence electrons. The molecule has 1 aliphatic heterocycles. The van der Waals surface area contributed by atoms with Crippen molar-refractivity contribution in [2.24, 2.45) is 0 Å². The van der Waals surface area contributed by atoms with Crippen LogP contribution in [0.3, 0.4) is 0 Å². The Morgan fingerprint density at radius 1 is 0.941 bits per heavy atom. The van der Waals surface area contributed by atoms with Gasteiger partial charge in [-0.1, -0.05) is 36.0 Å². The molecule has 1 aliphatic rings. The van der Waals surface area contributed by atoms with Crippen molar-refractivity contribution < 1.29 is 27.5 Å². The van der Waals surface area contributed by atoms with Crippen molar-refractivity contribution >= 4 is 29.8 Å². The van der Waals surface area contributed by atoms with Crippen molar-refractivity contribution in [3.8, 4) is 0 Å². The predicted molar refractivity (Wildman–Crippen MR) is 125 cm³/mol. The van der Waals surface area contributed by atoms with Gasteiger partial charge in [-0.3, -0.25) is 4.79 Å². The Bertz CT molecular complexity index is 1040. The van der Waals surface area contributed by atoms with Crippen molar-refractivity contribution in [1.29, 1.82) is 0 Å². The average molecular weight is 493 g/mol. The molecule has 0 aliphatic carbocycles. The second-order valence-electron chi connectivity index (χ2n) is 8.79. The Balaban J connectivity index is 1.65. The highest BCUT2D eigenvalue weighted by Crippen LogP contribution is 2.40. The largest absolute Gasteiger partial charge is 0.444 e. The second kappa shape index (κ2) is 10.5. The van der Waals surface area contributed by atoms with Crippen LogP contribution in [0.2, 0.25) is 0 Å². The van der Waals surface area contributed by atoms with Gasteiger partial charge < -0.3 is 14.5 Å². The van der Waals surface area contributed by atoms with Crippen molar-refractivity contribution in [1.82, 2.24) is 9.80 Å². The number of carbonyl (C=O) groups is 2. The molecular weight excluding hydrogens is 465 g/mol. The third-order valence-corrected chi connectivity index (χ3v) is 6.03. The van der Waals surface area contributed by atoms with E-state index in [0.717, 1.165) is 17.8 Å². The third-order valence-electron chi connectivity index (χ3n) is 4.94. The summed E-state index contributed by atoms with van der Waals surface area (Å²) < 4.78 is 46.4. The van der Waals surface area contributed by atoms with E-state index in [0.29, 0.717) is 31.1 Å². The molecule has 9 heteroatoms. The van der Waals surface area contributed by atoms with Gasteiger partial charge in [-0.05, 0) is 56.7 Å². The van der Waals surface area contributed by atoms with Crippen molar-refractivity contribution in [2.45, 2.75) is 42.3 Å². The highest BCUT2D eigenvalue weighted by Gasteiger charge is 2.34. The highest BCUT2D eigenvalue weighted by molar-refractivity contribution is 7.99. The Kier molecular flexibility index (Phi) is 7.97. The van der Waals surface area contributed by atoms with E-state index in [2.05, 4.69) is 0 Å². The predicted octanol–water partition coefficient (Wildman–Crippen LogP) is 5.95. The third kappa shape index (κ3) is 7.28. The van der Waals surface area contributed by atoms with Crippen LogP contribution in [0, 0.1) is 0 Å². The molecule has 2 aromatic rings. The van der Waals surface area contributed by atoms with Crippen LogP contribution < -0.4 is 0 Å². The first-order valence-corrected chi connectivity index (χ1v) is 11.6. The van der Waals surface area contributed by atoms with Crippen LogP contribution in [0.4, 0.5) is 18.0 Å². The van der Waals surface area contributed by atoms with Crippen molar-refractivity contribution in [3.05, 3.63) is 65.7 Å². The number of hydrogen-bond donors (Lipinski definition) is 0. The van der Waals surface area contributed by atoms with Gasteiger partial charge in [0, 0.05) is 42.0 Å². The molecule has 3 rings (SSSR count). The maximum absolute atomic E-state index is 13.7. The quantitative estimate of drug-likeness (QED) is 0.495. The molecule has 5 nitrogen and oxygen atoms in total. The molecule has 1 saturated heterocycles. The van der Waals surface area contributed by atoms with Crippen LogP contribution in [0.25, 0.3) is 6.08 Å². The van der Waals surface area contributed by atoms with Gasteiger partial charge in [0.25, 0.3) is 0 Å². The fourth-order valence-corrected chi connectivity index (χ4v) is 4.25. The first-order valence-electron chi connectivity index (χ1n) is 10.8. The number of ether oxygens (including phenoxy) is 1. The topological polar surface area (TPSA) is 49.9 Å². The van der Waals surface area contributed by atoms with E-state index >= 15 is 0 Å². The lowest BCUT2D eigenvalue weighted by atomic mass is 10.1. The van der Waals surface area contributed by atoms with Gasteiger partial charge in [-0.25, -0.2) is 4.79 Å². The maximum Gasteiger partial charge on any atom is 0.417 e. The Morgan fingerprint density at radius 2 is 1.56 bits per heavy atom. The Labute approximate surface area is 201 Å². The van der Waals surface area contributed by atoms with Crippen LogP contribution in [0.1, 0.15) is 31.9 Å². The zero-order valence-corrected chi connectivity index (χ0v) is 20.1. The lowest BCUT2D eigenvalue weighted by Gasteiger charge is -2.35. The minimum absolute atomic E-state index is 0.0976. The van der Waals surface area contributed by atoms with Gasteiger partial charge in [0.15, 0.2) is 0 Å². The summed E-state index contributed by atoms with van der Waals surface area (Å²) in [6, 6.07) is 12.9. The number of rotatable bonds is 4. The SMILES string of the molecule is CC(C)(C)OC(=O)N1CCN(C(=O)/C=C/c2ccc(Sc3ccccc3)c(C(F)(F)F)c2)CC1. The first-order chi connectivity index (χ1) is 15.9. The van der Waals surface area contributed by atoms with Gasteiger partial charge >= 0.3 is 12.3 Å². The molecular formula is C25H27F3N2O3S. The minimum atomic E-state index is -4.52. The summed E-state index contributed by atoms with van der Waals surface area (Å²) in [5.41, 5.74) is -1.07. The zero-order chi connectivity index (χ0) is 24.9. The molecule has 0 N–H and O–H groups in total. The number of amides is 2.